The molecular formula is C25H35IN4O2. The lowest BCUT2D eigenvalue weighted by molar-refractivity contribution is 0.0526. The van der Waals surface area contributed by atoms with Crippen LogP contribution >= 0.6 is 24.0 Å². The average molecular weight is 550 g/mol. The maximum absolute atomic E-state index is 5.96. The van der Waals surface area contributed by atoms with Gasteiger partial charge in [-0.15, -0.1) is 24.0 Å². The molecular weight excluding hydrogens is 515 g/mol. The van der Waals surface area contributed by atoms with Crippen LogP contribution in [0.3, 0.4) is 0 Å². The highest BCUT2D eigenvalue weighted by atomic mass is 127. The Balaban J connectivity index is 0.00000289. The highest BCUT2D eigenvalue weighted by Gasteiger charge is 2.36. The number of para-hydroxylation sites is 2. The van der Waals surface area contributed by atoms with E-state index in [-0.39, 0.29) is 24.0 Å². The zero-order valence-electron chi connectivity index (χ0n) is 19.2. The van der Waals surface area contributed by atoms with Gasteiger partial charge in [0.15, 0.2) is 17.5 Å². The summed E-state index contributed by atoms with van der Waals surface area (Å²) in [5, 5.41) is 7.12. The minimum atomic E-state index is 0. The molecule has 0 spiro atoms. The smallest absolute Gasteiger partial charge is 0.191 e. The average Bonchev–Trinajstić information content (AvgIpc) is 2.78. The summed E-state index contributed by atoms with van der Waals surface area (Å²) in [5.74, 6) is 3.10. The van der Waals surface area contributed by atoms with Crippen LogP contribution in [0.2, 0.25) is 0 Å². The van der Waals surface area contributed by atoms with E-state index in [1.165, 1.54) is 37.7 Å². The molecule has 0 aliphatic carbocycles. The Kier molecular flexibility index (Phi) is 9.04. The Morgan fingerprint density at radius 3 is 2.31 bits per heavy atom. The third-order valence-corrected chi connectivity index (χ3v) is 6.58. The van der Waals surface area contributed by atoms with Gasteiger partial charge in [0.05, 0.1) is 7.11 Å². The van der Waals surface area contributed by atoms with Gasteiger partial charge in [0.2, 0.25) is 0 Å². The van der Waals surface area contributed by atoms with E-state index in [0.29, 0.717) is 30.4 Å². The second-order valence-corrected chi connectivity index (χ2v) is 8.54. The van der Waals surface area contributed by atoms with E-state index in [1.54, 1.807) is 7.11 Å². The Morgan fingerprint density at radius 1 is 1.03 bits per heavy atom. The predicted molar refractivity (Wildman–Crippen MR) is 140 cm³/mol. The SMILES string of the molecule is CN=C(NCc1ccc(Oc2ccccc2OC)cc1)NC1CC2CCCC(C1)N2C.I. The van der Waals surface area contributed by atoms with Crippen molar-refractivity contribution in [2.24, 2.45) is 4.99 Å². The Labute approximate surface area is 208 Å². The van der Waals surface area contributed by atoms with Gasteiger partial charge in [-0.1, -0.05) is 30.7 Å². The van der Waals surface area contributed by atoms with Crippen LogP contribution in [0, 0.1) is 0 Å². The summed E-state index contributed by atoms with van der Waals surface area (Å²) in [6.45, 7) is 0.716. The van der Waals surface area contributed by atoms with Crippen molar-refractivity contribution in [3.63, 3.8) is 0 Å². The van der Waals surface area contributed by atoms with E-state index < -0.39 is 0 Å². The number of guanidine groups is 1. The Hall–Kier alpha value is -2.00. The molecule has 0 radical (unpaired) electrons. The predicted octanol–water partition coefficient (Wildman–Crippen LogP) is 4.79. The fraction of sp³-hybridized carbons (Fsp3) is 0.480. The number of nitrogens with one attached hydrogen (secondary N) is 2. The standard InChI is InChI=1S/C25H34N4O2.HI/c1-26-25(28-19-15-20-7-6-8-21(16-19)29(20)2)27-17-18-11-13-22(14-12-18)31-24-10-5-4-9-23(24)30-3;/h4-5,9-14,19-21H,6-8,15-17H2,1-3H3,(H2,26,27,28);1H. The molecule has 7 heteroatoms. The van der Waals surface area contributed by atoms with Gasteiger partial charge in [-0.3, -0.25) is 4.99 Å². The van der Waals surface area contributed by atoms with E-state index in [4.69, 9.17) is 9.47 Å². The molecule has 2 fully saturated rings. The van der Waals surface area contributed by atoms with Crippen molar-refractivity contribution in [3.05, 3.63) is 54.1 Å². The number of methoxy groups -OCH3 is 1. The topological polar surface area (TPSA) is 58.1 Å². The second-order valence-electron chi connectivity index (χ2n) is 8.54. The number of piperidine rings is 2. The van der Waals surface area contributed by atoms with Gasteiger partial charge in [0.25, 0.3) is 0 Å². The number of halogens is 1. The van der Waals surface area contributed by atoms with Crippen molar-refractivity contribution in [3.8, 4) is 17.2 Å². The van der Waals surface area contributed by atoms with Gasteiger partial charge in [-0.2, -0.15) is 0 Å². The van der Waals surface area contributed by atoms with Crippen molar-refractivity contribution in [1.82, 2.24) is 15.5 Å². The van der Waals surface area contributed by atoms with Crippen molar-refractivity contribution >= 4 is 29.9 Å². The van der Waals surface area contributed by atoms with Gasteiger partial charge >= 0.3 is 0 Å². The molecule has 2 N–H and O–H groups in total. The van der Waals surface area contributed by atoms with E-state index in [1.807, 2.05) is 43.4 Å². The first-order valence-corrected chi connectivity index (χ1v) is 11.2. The van der Waals surface area contributed by atoms with Crippen LogP contribution in [0.5, 0.6) is 17.2 Å². The van der Waals surface area contributed by atoms with Crippen LogP contribution in [0.25, 0.3) is 0 Å². The molecule has 0 amide bonds. The number of nitrogens with zero attached hydrogens (tertiary/aromatic N) is 2. The number of fused-ring (bicyclic) bond motifs is 2. The highest BCUT2D eigenvalue weighted by Crippen LogP contribution is 2.33. The van der Waals surface area contributed by atoms with Crippen LogP contribution in [-0.2, 0) is 6.54 Å². The molecule has 2 saturated heterocycles. The molecule has 174 valence electrons. The molecule has 32 heavy (non-hydrogen) atoms. The number of benzene rings is 2. The summed E-state index contributed by atoms with van der Waals surface area (Å²) < 4.78 is 11.3. The van der Waals surface area contributed by atoms with Crippen LogP contribution in [-0.4, -0.2) is 50.2 Å². The first-order valence-electron chi connectivity index (χ1n) is 11.2. The van der Waals surface area contributed by atoms with E-state index in [9.17, 15) is 0 Å². The van der Waals surface area contributed by atoms with Crippen LogP contribution in [0.15, 0.2) is 53.5 Å². The minimum absolute atomic E-state index is 0. The van der Waals surface area contributed by atoms with Gasteiger partial charge in [0.1, 0.15) is 5.75 Å². The molecule has 2 aromatic carbocycles. The van der Waals surface area contributed by atoms with Gasteiger partial charge < -0.3 is 25.0 Å². The van der Waals surface area contributed by atoms with Crippen LogP contribution < -0.4 is 20.1 Å². The second kappa shape index (κ2) is 11.7. The molecule has 2 heterocycles. The lowest BCUT2D eigenvalue weighted by atomic mass is 9.82. The summed E-state index contributed by atoms with van der Waals surface area (Å²) in [5.41, 5.74) is 1.18. The molecule has 2 aliphatic heterocycles. The molecule has 2 bridgehead atoms. The fourth-order valence-corrected chi connectivity index (χ4v) is 4.81. The molecule has 0 saturated carbocycles. The van der Waals surface area contributed by atoms with Crippen LogP contribution in [0.4, 0.5) is 0 Å². The summed E-state index contributed by atoms with van der Waals surface area (Å²) in [7, 11) is 5.78. The normalized spacial score (nSPS) is 23.1. The van der Waals surface area contributed by atoms with Crippen molar-refractivity contribution in [2.75, 3.05) is 21.2 Å². The summed E-state index contributed by atoms with van der Waals surface area (Å²) >= 11 is 0. The molecule has 2 aromatic rings. The van der Waals surface area contributed by atoms with Crippen LogP contribution in [0.1, 0.15) is 37.7 Å². The van der Waals surface area contributed by atoms with Crippen molar-refractivity contribution in [1.29, 1.82) is 0 Å². The van der Waals surface area contributed by atoms with Gasteiger partial charge in [0, 0.05) is 31.7 Å². The summed E-state index contributed by atoms with van der Waals surface area (Å²) in [4.78, 5) is 7.03. The number of hydrogen-bond donors (Lipinski definition) is 2. The minimum Gasteiger partial charge on any atom is -0.493 e. The molecule has 2 atom stereocenters. The summed E-state index contributed by atoms with van der Waals surface area (Å²) in [6, 6.07) is 17.7. The first-order chi connectivity index (χ1) is 15.2. The first kappa shape index (κ1) is 24.6. The van der Waals surface area contributed by atoms with E-state index in [0.717, 1.165) is 17.5 Å². The third kappa shape index (κ3) is 6.07. The third-order valence-electron chi connectivity index (χ3n) is 6.58. The van der Waals surface area contributed by atoms with Gasteiger partial charge in [-0.25, -0.2) is 0 Å². The summed E-state index contributed by atoms with van der Waals surface area (Å²) in [6.07, 6.45) is 6.41. The monoisotopic (exact) mass is 550 g/mol. The number of hydrogen-bond acceptors (Lipinski definition) is 4. The molecule has 6 nitrogen and oxygen atoms in total. The number of rotatable bonds is 6. The lowest BCUT2D eigenvalue weighted by Crippen LogP contribution is -2.56. The van der Waals surface area contributed by atoms with Crippen molar-refractivity contribution in [2.45, 2.75) is 56.8 Å². The van der Waals surface area contributed by atoms with Crippen molar-refractivity contribution < 1.29 is 9.47 Å². The van der Waals surface area contributed by atoms with E-state index >= 15 is 0 Å². The Morgan fingerprint density at radius 2 is 1.69 bits per heavy atom. The maximum Gasteiger partial charge on any atom is 0.191 e. The zero-order valence-corrected chi connectivity index (χ0v) is 21.5. The molecule has 4 rings (SSSR count). The quantitative estimate of drug-likeness (QED) is 0.308. The maximum atomic E-state index is 5.96. The number of aliphatic imine (C=N–C) groups is 1. The van der Waals surface area contributed by atoms with E-state index in [2.05, 4.69) is 39.7 Å². The number of ether oxygens (including phenoxy) is 2. The molecule has 0 aromatic heterocycles. The molecule has 2 aliphatic rings. The molecule has 2 unspecified atom stereocenters. The fourth-order valence-electron chi connectivity index (χ4n) is 4.81. The van der Waals surface area contributed by atoms with Gasteiger partial charge in [-0.05, 0) is 62.6 Å². The lowest BCUT2D eigenvalue weighted by Gasteiger charge is -2.47. The Bertz CT molecular complexity index is 876. The largest absolute Gasteiger partial charge is 0.493 e. The highest BCUT2D eigenvalue weighted by molar-refractivity contribution is 14.0. The zero-order chi connectivity index (χ0) is 21.6.